The van der Waals surface area contributed by atoms with Crippen LogP contribution >= 0.6 is 0 Å². The van der Waals surface area contributed by atoms with Crippen LogP contribution in [0.15, 0.2) is 42.5 Å². The Hall–Kier alpha value is -2.03. The third-order valence-corrected chi connectivity index (χ3v) is 2.14. The number of methoxy groups -OCH3 is 1. The molecule has 0 unspecified atom stereocenters. The average Bonchev–Trinajstić information content (AvgIpc) is 2.30. The van der Waals surface area contributed by atoms with Gasteiger partial charge in [0, 0.05) is 11.6 Å². The normalized spacial score (nSPS) is 9.93. The summed E-state index contributed by atoms with van der Waals surface area (Å²) in [5.74, 6) is 0.396. The molecule has 0 aliphatic carbocycles. The molecular weight excluding hydrogens is 188 g/mol. The number of aromatic nitrogens is 1. The topological polar surface area (TPSA) is 44.4 Å². The second kappa shape index (κ2) is 4.00. The first-order chi connectivity index (χ1) is 7.31. The minimum atomic E-state index is -0.0134. The first kappa shape index (κ1) is 9.52. The lowest BCUT2D eigenvalue weighted by molar-refractivity contribution is 0.398. The molecule has 2 radical (unpaired) electrons. The molecule has 2 aromatic rings. The highest BCUT2D eigenvalue weighted by Crippen LogP contribution is 2.26. The van der Waals surface area contributed by atoms with Crippen LogP contribution in [0.5, 0.6) is 5.88 Å². The van der Waals surface area contributed by atoms with Crippen molar-refractivity contribution in [3.8, 4) is 17.0 Å². The summed E-state index contributed by atoms with van der Waals surface area (Å²) in [6, 6.07) is 13.1. The fourth-order valence-electron chi connectivity index (χ4n) is 1.39. The van der Waals surface area contributed by atoms with Gasteiger partial charge in [-0.15, -0.1) is 5.73 Å². The van der Waals surface area contributed by atoms with Crippen molar-refractivity contribution in [2.45, 2.75) is 0 Å². The van der Waals surface area contributed by atoms with Crippen molar-refractivity contribution in [3.63, 3.8) is 0 Å². The number of nitrogens with zero attached hydrogens (tertiary/aromatic N) is 2. The molecule has 0 aliphatic rings. The van der Waals surface area contributed by atoms with Crippen LogP contribution in [0.4, 0.5) is 5.82 Å². The fourth-order valence-corrected chi connectivity index (χ4v) is 1.39. The van der Waals surface area contributed by atoms with E-state index in [1.54, 1.807) is 12.1 Å². The summed E-state index contributed by atoms with van der Waals surface area (Å²) in [5, 5.41) is 0. The van der Waals surface area contributed by atoms with E-state index in [4.69, 9.17) is 4.74 Å². The number of benzene rings is 1. The van der Waals surface area contributed by atoms with E-state index >= 15 is 0 Å². The highest BCUT2D eigenvalue weighted by molar-refractivity contribution is 5.72. The van der Waals surface area contributed by atoms with Crippen LogP contribution in [0.1, 0.15) is 0 Å². The van der Waals surface area contributed by atoms with Crippen LogP contribution < -0.4 is 10.5 Å². The van der Waals surface area contributed by atoms with Crippen LogP contribution in [0.2, 0.25) is 0 Å². The van der Waals surface area contributed by atoms with Gasteiger partial charge in [-0.3, -0.25) is 0 Å². The number of ether oxygens (including phenoxy) is 1. The molecule has 0 atom stereocenters. The van der Waals surface area contributed by atoms with Gasteiger partial charge in [0.05, 0.1) is 7.11 Å². The molecule has 0 spiro atoms. The molecule has 0 N–H and O–H groups in total. The van der Waals surface area contributed by atoms with Crippen molar-refractivity contribution >= 4 is 5.82 Å². The predicted octanol–water partition coefficient (Wildman–Crippen LogP) is 2.46. The first-order valence-electron chi connectivity index (χ1n) is 4.60. The summed E-state index contributed by atoms with van der Waals surface area (Å²) in [7, 11) is 1.52. The molecule has 1 aromatic carbocycles. The van der Waals surface area contributed by atoms with Crippen LogP contribution in [0.25, 0.3) is 11.1 Å². The lowest BCUT2D eigenvalue weighted by Crippen LogP contribution is -1.90. The average molecular weight is 198 g/mol. The van der Waals surface area contributed by atoms with E-state index in [9.17, 15) is 5.73 Å². The van der Waals surface area contributed by atoms with Crippen LogP contribution in [-0.2, 0) is 0 Å². The Bertz CT molecular complexity index is 454. The first-order valence-corrected chi connectivity index (χ1v) is 4.60. The minimum Gasteiger partial charge on any atom is -0.481 e. The van der Waals surface area contributed by atoms with E-state index in [1.807, 2.05) is 30.3 Å². The maximum Gasteiger partial charge on any atom is 0.215 e. The molecule has 0 bridgehead atoms. The van der Waals surface area contributed by atoms with Crippen molar-refractivity contribution in [2.24, 2.45) is 0 Å². The molecule has 0 saturated carbocycles. The molecule has 15 heavy (non-hydrogen) atoms. The molecular formula is C12H10N2O. The zero-order valence-electron chi connectivity index (χ0n) is 8.34. The summed E-state index contributed by atoms with van der Waals surface area (Å²) in [5.41, 5.74) is 11.3. The number of pyridine rings is 1. The van der Waals surface area contributed by atoms with Crippen LogP contribution in [0, 0.1) is 0 Å². The van der Waals surface area contributed by atoms with E-state index < -0.39 is 0 Å². The van der Waals surface area contributed by atoms with Crippen molar-refractivity contribution in [2.75, 3.05) is 7.11 Å². The highest BCUT2D eigenvalue weighted by Gasteiger charge is 2.06. The van der Waals surface area contributed by atoms with Crippen molar-refractivity contribution < 1.29 is 4.74 Å². The number of hydrogen-bond donors (Lipinski definition) is 0. The third-order valence-electron chi connectivity index (χ3n) is 2.14. The second-order valence-corrected chi connectivity index (χ2v) is 3.09. The summed E-state index contributed by atoms with van der Waals surface area (Å²) in [6.45, 7) is 0. The van der Waals surface area contributed by atoms with E-state index in [-0.39, 0.29) is 5.82 Å². The Morgan fingerprint density at radius 2 is 1.80 bits per heavy atom. The van der Waals surface area contributed by atoms with Gasteiger partial charge in [-0.2, -0.15) is 4.98 Å². The summed E-state index contributed by atoms with van der Waals surface area (Å²) >= 11 is 0. The quantitative estimate of drug-likeness (QED) is 0.744. The van der Waals surface area contributed by atoms with E-state index in [1.165, 1.54) is 7.11 Å². The van der Waals surface area contributed by atoms with E-state index in [2.05, 4.69) is 4.98 Å². The molecule has 0 amide bonds. The van der Waals surface area contributed by atoms with Gasteiger partial charge in [0.2, 0.25) is 5.88 Å². The molecule has 0 fully saturated rings. The Kier molecular flexibility index (Phi) is 2.54. The van der Waals surface area contributed by atoms with Gasteiger partial charge < -0.3 is 4.74 Å². The van der Waals surface area contributed by atoms with Gasteiger partial charge in [0.25, 0.3) is 0 Å². The summed E-state index contributed by atoms with van der Waals surface area (Å²) < 4.78 is 4.91. The highest BCUT2D eigenvalue weighted by atomic mass is 16.5. The SMILES string of the molecule is COc1ccc(-c2ccccc2)c([N])n1. The van der Waals surface area contributed by atoms with Gasteiger partial charge in [-0.25, -0.2) is 0 Å². The molecule has 2 rings (SSSR count). The Balaban J connectivity index is 2.46. The van der Waals surface area contributed by atoms with Gasteiger partial charge in [0.15, 0.2) is 5.82 Å². The van der Waals surface area contributed by atoms with Gasteiger partial charge in [-0.05, 0) is 11.6 Å². The van der Waals surface area contributed by atoms with Gasteiger partial charge in [0.1, 0.15) is 0 Å². The van der Waals surface area contributed by atoms with E-state index in [0.717, 1.165) is 5.56 Å². The Morgan fingerprint density at radius 3 is 2.40 bits per heavy atom. The summed E-state index contributed by atoms with van der Waals surface area (Å²) in [4.78, 5) is 3.90. The fraction of sp³-hybridized carbons (Fsp3) is 0.0833. The maximum atomic E-state index is 9.68. The van der Waals surface area contributed by atoms with E-state index in [0.29, 0.717) is 11.4 Å². The van der Waals surface area contributed by atoms with Crippen molar-refractivity contribution in [1.29, 1.82) is 0 Å². The second-order valence-electron chi connectivity index (χ2n) is 3.09. The van der Waals surface area contributed by atoms with Gasteiger partial charge >= 0.3 is 0 Å². The van der Waals surface area contributed by atoms with Crippen LogP contribution in [-0.4, -0.2) is 12.1 Å². The van der Waals surface area contributed by atoms with Crippen LogP contribution in [0.3, 0.4) is 0 Å². The molecule has 0 saturated heterocycles. The summed E-state index contributed by atoms with van der Waals surface area (Å²) in [6.07, 6.45) is 0. The predicted molar refractivity (Wildman–Crippen MR) is 58.0 cm³/mol. The molecule has 74 valence electrons. The molecule has 3 heteroatoms. The largest absolute Gasteiger partial charge is 0.481 e. The lowest BCUT2D eigenvalue weighted by atomic mass is 10.1. The molecule has 0 aliphatic heterocycles. The van der Waals surface area contributed by atoms with Crippen molar-refractivity contribution in [3.05, 3.63) is 42.5 Å². The number of rotatable bonds is 2. The lowest BCUT2D eigenvalue weighted by Gasteiger charge is -2.04. The standard InChI is InChI=1S/C12H10N2O/c1-15-11-8-7-10(12(13)14-11)9-5-3-2-4-6-9/h2-8H,1H3. The van der Waals surface area contributed by atoms with Gasteiger partial charge in [-0.1, -0.05) is 30.3 Å². The monoisotopic (exact) mass is 198 g/mol. The minimum absolute atomic E-state index is 0.0134. The Morgan fingerprint density at radius 1 is 1.07 bits per heavy atom. The molecule has 1 heterocycles. The zero-order valence-corrected chi connectivity index (χ0v) is 8.34. The third kappa shape index (κ3) is 1.91. The van der Waals surface area contributed by atoms with Crippen molar-refractivity contribution in [1.82, 2.24) is 10.7 Å². The molecule has 1 aromatic heterocycles. The zero-order chi connectivity index (χ0) is 10.7. The molecule has 3 nitrogen and oxygen atoms in total. The Labute approximate surface area is 88.5 Å². The number of hydrogen-bond acceptors (Lipinski definition) is 2. The maximum absolute atomic E-state index is 9.68. The smallest absolute Gasteiger partial charge is 0.215 e.